The van der Waals surface area contributed by atoms with E-state index in [0.29, 0.717) is 11.4 Å². The molecule has 1 aromatic heterocycles. The molecule has 0 saturated heterocycles. The van der Waals surface area contributed by atoms with Crippen LogP contribution in [0.15, 0.2) is 24.4 Å². The van der Waals surface area contributed by atoms with Gasteiger partial charge in [0.2, 0.25) is 0 Å². The molecule has 0 unspecified atom stereocenters. The largest absolute Gasteiger partial charge is 0.480 e. The monoisotopic (exact) mass is 291 g/mol. The minimum absolute atomic E-state index is 0.0291. The van der Waals surface area contributed by atoms with Crippen LogP contribution in [-0.4, -0.2) is 31.0 Å². The number of rotatable bonds is 6. The van der Waals surface area contributed by atoms with Crippen molar-refractivity contribution >= 4 is 17.3 Å². The van der Waals surface area contributed by atoms with E-state index in [9.17, 15) is 14.9 Å². The van der Waals surface area contributed by atoms with Crippen LogP contribution in [-0.2, 0) is 17.9 Å². The molecule has 2 rings (SSSR count). The number of nitro benzene ring substituents is 1. The second-order valence-electron chi connectivity index (χ2n) is 4.43. The molecule has 0 aliphatic heterocycles. The minimum atomic E-state index is -1.02. The van der Waals surface area contributed by atoms with Crippen molar-refractivity contribution in [1.29, 1.82) is 0 Å². The first kappa shape index (κ1) is 14.4. The molecule has 0 amide bonds. The van der Waals surface area contributed by atoms with E-state index in [4.69, 9.17) is 5.11 Å². The van der Waals surface area contributed by atoms with E-state index in [0.717, 1.165) is 5.56 Å². The molecule has 0 bridgehead atoms. The van der Waals surface area contributed by atoms with Gasteiger partial charge in [0.05, 0.1) is 17.7 Å². The van der Waals surface area contributed by atoms with Gasteiger partial charge in [0.25, 0.3) is 5.69 Å². The fourth-order valence-electron chi connectivity index (χ4n) is 1.77. The Kier molecular flexibility index (Phi) is 4.12. The summed E-state index contributed by atoms with van der Waals surface area (Å²) in [5.74, 6) is -1.02. The van der Waals surface area contributed by atoms with Crippen molar-refractivity contribution in [1.82, 2.24) is 15.0 Å². The third kappa shape index (κ3) is 3.75. The van der Waals surface area contributed by atoms with Crippen molar-refractivity contribution in [3.8, 4) is 0 Å². The number of benzene rings is 1. The van der Waals surface area contributed by atoms with Gasteiger partial charge in [0.15, 0.2) is 0 Å². The van der Waals surface area contributed by atoms with E-state index in [-0.39, 0.29) is 18.8 Å². The second kappa shape index (κ2) is 5.99. The lowest BCUT2D eigenvalue weighted by molar-refractivity contribution is -0.384. The lowest BCUT2D eigenvalue weighted by Crippen LogP contribution is -2.09. The Labute approximate surface area is 119 Å². The number of anilines is 1. The summed E-state index contributed by atoms with van der Waals surface area (Å²) in [5, 5.41) is 29.9. The topological polar surface area (TPSA) is 123 Å². The molecule has 1 heterocycles. The van der Waals surface area contributed by atoms with E-state index in [1.54, 1.807) is 12.1 Å². The van der Waals surface area contributed by atoms with Crippen molar-refractivity contribution in [2.45, 2.75) is 20.0 Å². The Bertz CT molecular complexity index is 682. The number of aryl methyl sites for hydroxylation is 1. The standard InChI is InChI=1S/C12H13N5O4/c1-8-2-3-11(17(20)21)10(4-8)13-5-9-6-16(15-14-9)7-12(18)19/h2-4,6,13H,5,7H2,1H3,(H,18,19). The van der Waals surface area contributed by atoms with Crippen molar-refractivity contribution in [2.75, 3.05) is 5.32 Å². The lowest BCUT2D eigenvalue weighted by Gasteiger charge is -2.06. The van der Waals surface area contributed by atoms with Gasteiger partial charge in [-0.3, -0.25) is 14.9 Å². The van der Waals surface area contributed by atoms with E-state index < -0.39 is 10.9 Å². The molecule has 0 radical (unpaired) electrons. The predicted molar refractivity (Wildman–Crippen MR) is 72.8 cm³/mol. The van der Waals surface area contributed by atoms with Gasteiger partial charge < -0.3 is 10.4 Å². The maximum Gasteiger partial charge on any atom is 0.325 e. The number of carboxylic acids is 1. The number of hydrogen-bond donors (Lipinski definition) is 2. The van der Waals surface area contributed by atoms with E-state index >= 15 is 0 Å². The molecule has 110 valence electrons. The Hall–Kier alpha value is -2.97. The maximum absolute atomic E-state index is 10.9. The first-order chi connectivity index (χ1) is 9.95. The molecule has 0 spiro atoms. The second-order valence-corrected chi connectivity index (χ2v) is 4.43. The van der Waals surface area contributed by atoms with Crippen molar-refractivity contribution in [3.05, 3.63) is 45.8 Å². The van der Waals surface area contributed by atoms with Crippen molar-refractivity contribution < 1.29 is 14.8 Å². The van der Waals surface area contributed by atoms with Gasteiger partial charge in [-0.1, -0.05) is 11.3 Å². The molecular formula is C12H13N5O4. The van der Waals surface area contributed by atoms with Crippen LogP contribution in [0.25, 0.3) is 0 Å². The molecule has 2 N–H and O–H groups in total. The molecule has 0 fully saturated rings. The zero-order chi connectivity index (χ0) is 15.4. The lowest BCUT2D eigenvalue weighted by atomic mass is 10.2. The number of aliphatic carboxylic acids is 1. The number of nitrogens with zero attached hydrogens (tertiary/aromatic N) is 4. The quantitative estimate of drug-likeness (QED) is 0.605. The number of hydrogen-bond acceptors (Lipinski definition) is 6. The van der Waals surface area contributed by atoms with Crippen LogP contribution in [0.3, 0.4) is 0 Å². The van der Waals surface area contributed by atoms with Gasteiger partial charge in [-0.15, -0.1) is 5.10 Å². The molecule has 21 heavy (non-hydrogen) atoms. The Balaban J connectivity index is 2.09. The Morgan fingerprint density at radius 2 is 2.29 bits per heavy atom. The highest BCUT2D eigenvalue weighted by Crippen LogP contribution is 2.25. The van der Waals surface area contributed by atoms with E-state index in [1.165, 1.54) is 16.9 Å². The summed E-state index contributed by atoms with van der Waals surface area (Å²) in [4.78, 5) is 21.0. The van der Waals surface area contributed by atoms with Gasteiger partial charge in [-0.25, -0.2) is 4.68 Å². The number of nitro groups is 1. The summed E-state index contributed by atoms with van der Waals surface area (Å²) in [5.41, 5.74) is 1.73. The van der Waals surface area contributed by atoms with Crippen LogP contribution in [0.4, 0.5) is 11.4 Å². The molecule has 2 aromatic rings. The van der Waals surface area contributed by atoms with E-state index in [1.807, 2.05) is 6.92 Å². The minimum Gasteiger partial charge on any atom is -0.480 e. The van der Waals surface area contributed by atoms with E-state index in [2.05, 4.69) is 15.6 Å². The molecular weight excluding hydrogens is 278 g/mol. The third-order valence-electron chi connectivity index (χ3n) is 2.69. The molecule has 9 nitrogen and oxygen atoms in total. The zero-order valence-electron chi connectivity index (χ0n) is 11.2. The zero-order valence-corrected chi connectivity index (χ0v) is 11.2. The first-order valence-corrected chi connectivity index (χ1v) is 6.05. The average Bonchev–Trinajstić information content (AvgIpc) is 2.82. The summed E-state index contributed by atoms with van der Waals surface area (Å²) < 4.78 is 1.18. The molecule has 9 heteroatoms. The highest BCUT2D eigenvalue weighted by atomic mass is 16.6. The van der Waals surface area contributed by atoms with Gasteiger partial charge in [0.1, 0.15) is 17.9 Å². The van der Waals surface area contributed by atoms with Crippen LogP contribution < -0.4 is 5.32 Å². The van der Waals surface area contributed by atoms with Crippen LogP contribution in [0.5, 0.6) is 0 Å². The van der Waals surface area contributed by atoms with Gasteiger partial charge in [-0.2, -0.15) is 0 Å². The van der Waals surface area contributed by atoms with Crippen LogP contribution in [0.2, 0.25) is 0 Å². The molecule has 0 saturated carbocycles. The summed E-state index contributed by atoms with van der Waals surface area (Å²) in [6, 6.07) is 4.76. The number of aromatic nitrogens is 3. The van der Waals surface area contributed by atoms with Crippen LogP contribution in [0, 0.1) is 17.0 Å². The van der Waals surface area contributed by atoms with Crippen LogP contribution in [0.1, 0.15) is 11.3 Å². The molecule has 0 aliphatic rings. The SMILES string of the molecule is Cc1ccc([N+](=O)[O-])c(NCc2cn(CC(=O)O)nn2)c1. The highest BCUT2D eigenvalue weighted by molar-refractivity contribution is 5.66. The predicted octanol–water partition coefficient (Wildman–Crippen LogP) is 1.19. The molecule has 1 aromatic carbocycles. The third-order valence-corrected chi connectivity index (χ3v) is 2.69. The molecule has 0 atom stereocenters. The number of carboxylic acid groups (broad SMARTS) is 1. The van der Waals surface area contributed by atoms with Crippen LogP contribution >= 0.6 is 0 Å². The normalized spacial score (nSPS) is 10.3. The Morgan fingerprint density at radius 3 is 2.95 bits per heavy atom. The Morgan fingerprint density at radius 1 is 1.52 bits per heavy atom. The summed E-state index contributed by atoms with van der Waals surface area (Å²) >= 11 is 0. The fraction of sp³-hybridized carbons (Fsp3) is 0.250. The fourth-order valence-corrected chi connectivity index (χ4v) is 1.77. The summed E-state index contributed by atoms with van der Waals surface area (Å²) in [6.07, 6.45) is 1.47. The highest BCUT2D eigenvalue weighted by Gasteiger charge is 2.13. The van der Waals surface area contributed by atoms with Crippen molar-refractivity contribution in [2.24, 2.45) is 0 Å². The van der Waals surface area contributed by atoms with Gasteiger partial charge in [-0.05, 0) is 18.6 Å². The van der Waals surface area contributed by atoms with Crippen molar-refractivity contribution in [3.63, 3.8) is 0 Å². The first-order valence-electron chi connectivity index (χ1n) is 6.05. The smallest absolute Gasteiger partial charge is 0.325 e. The summed E-state index contributed by atoms with van der Waals surface area (Å²) in [6.45, 7) is 1.76. The maximum atomic E-state index is 10.9. The average molecular weight is 291 g/mol. The number of carbonyl (C=O) groups is 1. The van der Waals surface area contributed by atoms with Gasteiger partial charge in [0, 0.05) is 6.07 Å². The number of nitrogens with one attached hydrogen (secondary N) is 1. The molecule has 0 aliphatic carbocycles. The summed E-state index contributed by atoms with van der Waals surface area (Å²) in [7, 11) is 0. The van der Waals surface area contributed by atoms with Gasteiger partial charge >= 0.3 is 5.97 Å².